The van der Waals surface area contributed by atoms with Gasteiger partial charge in [0.25, 0.3) is 5.91 Å². The molecular formula is C33H47N5O5. The summed E-state index contributed by atoms with van der Waals surface area (Å²) in [7, 11) is 0. The highest BCUT2D eigenvalue weighted by Crippen LogP contribution is 2.27. The molecule has 10 heteroatoms. The number of rotatable bonds is 9. The Balaban J connectivity index is 1.26. The van der Waals surface area contributed by atoms with Crippen molar-refractivity contribution in [2.24, 2.45) is 5.92 Å². The fourth-order valence-electron chi connectivity index (χ4n) is 6.46. The van der Waals surface area contributed by atoms with E-state index in [1.54, 1.807) is 35.4 Å². The number of carbonyl (C=O) groups excluding carboxylic acids is 3. The molecule has 10 nitrogen and oxygen atoms in total. The molecule has 1 N–H and O–H groups in total. The second-order valence-electron chi connectivity index (χ2n) is 13.6. The molecule has 0 aliphatic carbocycles. The van der Waals surface area contributed by atoms with Gasteiger partial charge in [0.15, 0.2) is 6.61 Å². The number of fused-ring (bicyclic) bond motifs is 1. The Kier molecular flexibility index (Phi) is 9.44. The van der Waals surface area contributed by atoms with Crippen LogP contribution in [0.15, 0.2) is 34.9 Å². The fraction of sp³-hybridized carbons (Fsp3) is 0.636. The molecule has 0 spiro atoms. The van der Waals surface area contributed by atoms with Crippen molar-refractivity contribution in [3.05, 3.63) is 47.7 Å². The number of para-hydroxylation sites is 1. The van der Waals surface area contributed by atoms with Crippen LogP contribution in [0.25, 0.3) is 0 Å². The summed E-state index contributed by atoms with van der Waals surface area (Å²) >= 11 is 0. The van der Waals surface area contributed by atoms with E-state index in [0.717, 1.165) is 38.2 Å². The molecular weight excluding hydrogens is 546 g/mol. The molecule has 4 heterocycles. The van der Waals surface area contributed by atoms with Gasteiger partial charge in [-0.25, -0.2) is 4.98 Å². The van der Waals surface area contributed by atoms with Crippen LogP contribution in [-0.4, -0.2) is 88.3 Å². The van der Waals surface area contributed by atoms with Crippen LogP contribution >= 0.6 is 0 Å². The van der Waals surface area contributed by atoms with Crippen molar-refractivity contribution in [2.75, 3.05) is 32.7 Å². The van der Waals surface area contributed by atoms with E-state index in [0.29, 0.717) is 49.2 Å². The number of carbonyl (C=O) groups is 3. The number of aromatic nitrogens is 1. The number of nitrogens with one attached hydrogen (secondary N) is 1. The standard InChI is InChI=1S/C33H47N5O5/c1-22(2)18-25(31(40)38-15-9-12-26(38)32(41)37-17-16-36-14-8-10-23(36)20-37)35-30(39)24-11-6-7-13-27(24)42-21-29-34-19-28(43-29)33(3,4)5/h6-7,11,13,19,22-23,25-26H,8-10,12,14-18,20-21H2,1-5H3,(H,35,39)/t23-,25+,26+/m0/s1. The number of oxazole rings is 1. The highest BCUT2D eigenvalue weighted by Gasteiger charge is 2.42. The van der Waals surface area contributed by atoms with Crippen LogP contribution < -0.4 is 10.1 Å². The number of piperazine rings is 1. The van der Waals surface area contributed by atoms with Crippen LogP contribution in [0, 0.1) is 5.92 Å². The van der Waals surface area contributed by atoms with Crippen molar-refractivity contribution < 1.29 is 23.5 Å². The van der Waals surface area contributed by atoms with Crippen molar-refractivity contribution >= 4 is 17.7 Å². The largest absolute Gasteiger partial charge is 0.483 e. The zero-order valence-corrected chi connectivity index (χ0v) is 26.3. The monoisotopic (exact) mass is 593 g/mol. The number of amides is 3. The molecule has 3 aliphatic rings. The van der Waals surface area contributed by atoms with Gasteiger partial charge in [0.2, 0.25) is 17.7 Å². The summed E-state index contributed by atoms with van der Waals surface area (Å²) in [5.41, 5.74) is 0.153. The summed E-state index contributed by atoms with van der Waals surface area (Å²) in [6.07, 6.45) is 5.92. The lowest BCUT2D eigenvalue weighted by Crippen LogP contribution is -2.58. The normalized spacial score (nSPS) is 21.6. The highest BCUT2D eigenvalue weighted by molar-refractivity contribution is 6.00. The van der Waals surface area contributed by atoms with E-state index in [1.807, 2.05) is 39.5 Å². The van der Waals surface area contributed by atoms with Gasteiger partial charge in [-0.15, -0.1) is 0 Å². The fourth-order valence-corrected chi connectivity index (χ4v) is 6.46. The molecule has 0 radical (unpaired) electrons. The predicted molar refractivity (Wildman–Crippen MR) is 163 cm³/mol. The molecule has 234 valence electrons. The summed E-state index contributed by atoms with van der Waals surface area (Å²) in [4.78, 5) is 51.8. The third-order valence-electron chi connectivity index (χ3n) is 8.81. The summed E-state index contributed by atoms with van der Waals surface area (Å²) in [6, 6.07) is 6.18. The van der Waals surface area contributed by atoms with E-state index in [2.05, 4.69) is 15.2 Å². The SMILES string of the molecule is CC(C)C[C@@H](NC(=O)c1ccccc1OCc1ncc(C(C)(C)C)o1)C(=O)N1CCC[C@@H]1C(=O)N1CCN2CCC[C@H]2C1. The van der Waals surface area contributed by atoms with Gasteiger partial charge in [0.05, 0.1) is 11.8 Å². The van der Waals surface area contributed by atoms with Crippen molar-refractivity contribution in [2.45, 2.75) is 96.9 Å². The van der Waals surface area contributed by atoms with E-state index in [4.69, 9.17) is 9.15 Å². The Bertz CT molecular complexity index is 1300. The molecule has 1 aromatic carbocycles. The third kappa shape index (κ3) is 7.22. The van der Waals surface area contributed by atoms with E-state index in [9.17, 15) is 14.4 Å². The first-order chi connectivity index (χ1) is 20.5. The van der Waals surface area contributed by atoms with Gasteiger partial charge in [0.1, 0.15) is 23.6 Å². The number of nitrogens with zero attached hydrogens (tertiary/aromatic N) is 4. The van der Waals surface area contributed by atoms with E-state index >= 15 is 0 Å². The van der Waals surface area contributed by atoms with Crippen molar-refractivity contribution in [3.8, 4) is 5.75 Å². The molecule has 3 saturated heterocycles. The second-order valence-corrected chi connectivity index (χ2v) is 13.6. The molecule has 3 fully saturated rings. The van der Waals surface area contributed by atoms with Crippen LogP contribution in [0.4, 0.5) is 0 Å². The highest BCUT2D eigenvalue weighted by atomic mass is 16.5. The van der Waals surface area contributed by atoms with Crippen LogP contribution in [0.1, 0.15) is 88.7 Å². The van der Waals surface area contributed by atoms with Crippen molar-refractivity contribution in [1.82, 2.24) is 25.0 Å². The maximum absolute atomic E-state index is 14.0. The zero-order valence-electron chi connectivity index (χ0n) is 26.3. The molecule has 2 aromatic rings. The Morgan fingerprint density at radius 2 is 1.84 bits per heavy atom. The molecule has 3 aliphatic heterocycles. The first-order valence-electron chi connectivity index (χ1n) is 15.8. The Morgan fingerprint density at radius 1 is 1.07 bits per heavy atom. The van der Waals surface area contributed by atoms with Gasteiger partial charge < -0.3 is 24.3 Å². The maximum atomic E-state index is 14.0. The Hall–Kier alpha value is -3.40. The molecule has 5 rings (SSSR count). The molecule has 43 heavy (non-hydrogen) atoms. The zero-order chi connectivity index (χ0) is 30.7. The predicted octanol–water partition coefficient (Wildman–Crippen LogP) is 3.99. The Labute approximate surface area is 255 Å². The summed E-state index contributed by atoms with van der Waals surface area (Å²) in [6.45, 7) is 14.3. The molecule has 0 unspecified atom stereocenters. The number of ether oxygens (including phenoxy) is 1. The van der Waals surface area contributed by atoms with Gasteiger partial charge >= 0.3 is 0 Å². The lowest BCUT2D eigenvalue weighted by molar-refractivity contribution is -0.146. The van der Waals surface area contributed by atoms with Crippen LogP contribution in [0.5, 0.6) is 5.75 Å². The molecule has 3 atom stereocenters. The van der Waals surface area contributed by atoms with Crippen molar-refractivity contribution in [3.63, 3.8) is 0 Å². The summed E-state index contributed by atoms with van der Waals surface area (Å²) in [5.74, 6) is 1.19. The lowest BCUT2D eigenvalue weighted by Gasteiger charge is -2.40. The number of likely N-dealkylation sites (tertiary alicyclic amines) is 1. The average Bonchev–Trinajstić information content (AvgIpc) is 3.75. The quantitative estimate of drug-likeness (QED) is 0.468. The van der Waals surface area contributed by atoms with Gasteiger partial charge in [0, 0.05) is 37.6 Å². The molecule has 1 aromatic heterocycles. The van der Waals surface area contributed by atoms with E-state index in [-0.39, 0.29) is 29.8 Å². The Morgan fingerprint density at radius 3 is 2.58 bits per heavy atom. The minimum absolute atomic E-state index is 0.0481. The number of benzene rings is 1. The van der Waals surface area contributed by atoms with Gasteiger partial charge in [-0.1, -0.05) is 46.8 Å². The second kappa shape index (κ2) is 13.1. The average molecular weight is 594 g/mol. The molecule has 0 bridgehead atoms. The summed E-state index contributed by atoms with van der Waals surface area (Å²) in [5, 5.41) is 2.99. The lowest BCUT2D eigenvalue weighted by atomic mass is 9.94. The van der Waals surface area contributed by atoms with Gasteiger partial charge in [-0.05, 0) is 56.7 Å². The number of hydrogen-bond acceptors (Lipinski definition) is 7. The topological polar surface area (TPSA) is 108 Å². The minimum Gasteiger partial charge on any atom is -0.483 e. The molecule has 0 saturated carbocycles. The first-order valence-corrected chi connectivity index (χ1v) is 15.8. The van der Waals surface area contributed by atoms with Crippen LogP contribution in [0.3, 0.4) is 0 Å². The minimum atomic E-state index is -0.748. The van der Waals surface area contributed by atoms with E-state index in [1.165, 1.54) is 6.42 Å². The number of hydrogen-bond donors (Lipinski definition) is 1. The van der Waals surface area contributed by atoms with Crippen molar-refractivity contribution in [1.29, 1.82) is 0 Å². The van der Waals surface area contributed by atoms with Gasteiger partial charge in [-0.3, -0.25) is 19.3 Å². The van der Waals surface area contributed by atoms with E-state index < -0.39 is 18.0 Å². The first kappa shape index (κ1) is 31.0. The smallest absolute Gasteiger partial charge is 0.255 e. The van der Waals surface area contributed by atoms with Crippen LogP contribution in [-0.2, 0) is 21.6 Å². The van der Waals surface area contributed by atoms with Gasteiger partial charge in [-0.2, -0.15) is 0 Å². The maximum Gasteiger partial charge on any atom is 0.255 e. The van der Waals surface area contributed by atoms with Crippen LogP contribution in [0.2, 0.25) is 0 Å². The third-order valence-corrected chi connectivity index (χ3v) is 8.81. The summed E-state index contributed by atoms with van der Waals surface area (Å²) < 4.78 is 11.8. The molecule has 3 amide bonds.